The van der Waals surface area contributed by atoms with E-state index in [1.807, 2.05) is 6.92 Å². The predicted molar refractivity (Wildman–Crippen MR) is 71.8 cm³/mol. The maximum absolute atomic E-state index is 13.9. The van der Waals surface area contributed by atoms with Gasteiger partial charge in [0.05, 0.1) is 13.2 Å². The highest BCUT2D eigenvalue weighted by atomic mass is 19.1. The lowest BCUT2D eigenvalue weighted by molar-refractivity contribution is 0.0909. The summed E-state index contributed by atoms with van der Waals surface area (Å²) in [5, 5.41) is 9.25. The minimum atomic E-state index is -0.396. The molecule has 108 valence electrons. The lowest BCUT2D eigenvalue weighted by atomic mass is 10.1. The fraction of sp³-hybridized carbons (Fsp3) is 0.571. The van der Waals surface area contributed by atoms with Crippen molar-refractivity contribution in [2.45, 2.75) is 13.0 Å². The van der Waals surface area contributed by atoms with Crippen LogP contribution in [-0.2, 0) is 9.47 Å². The molecule has 0 amide bonds. The first-order valence-corrected chi connectivity index (χ1v) is 6.30. The highest BCUT2D eigenvalue weighted by molar-refractivity contribution is 5.29. The van der Waals surface area contributed by atoms with E-state index in [1.54, 1.807) is 20.3 Å². The first kappa shape index (κ1) is 15.9. The Hall–Kier alpha value is -1.17. The summed E-state index contributed by atoms with van der Waals surface area (Å²) in [6.45, 7) is 4.48. The SMILES string of the molecule is COCCN(CCOC)C(C)c1ccc(O)cc1F. The van der Waals surface area contributed by atoms with E-state index in [2.05, 4.69) is 4.90 Å². The summed E-state index contributed by atoms with van der Waals surface area (Å²) < 4.78 is 24.0. The third kappa shape index (κ3) is 4.78. The van der Waals surface area contributed by atoms with Gasteiger partial charge in [0.2, 0.25) is 0 Å². The average molecular weight is 271 g/mol. The lowest BCUT2D eigenvalue weighted by Crippen LogP contribution is -2.33. The Labute approximate surface area is 113 Å². The van der Waals surface area contributed by atoms with Crippen molar-refractivity contribution in [3.63, 3.8) is 0 Å². The molecule has 0 aromatic heterocycles. The van der Waals surface area contributed by atoms with Crippen LogP contribution >= 0.6 is 0 Å². The summed E-state index contributed by atoms with van der Waals surface area (Å²) >= 11 is 0. The molecule has 1 aromatic rings. The van der Waals surface area contributed by atoms with Gasteiger partial charge in [-0.15, -0.1) is 0 Å². The van der Waals surface area contributed by atoms with Gasteiger partial charge in [-0.1, -0.05) is 6.07 Å². The molecule has 0 fully saturated rings. The smallest absolute Gasteiger partial charge is 0.131 e. The summed E-state index contributed by atoms with van der Waals surface area (Å²) in [7, 11) is 3.28. The van der Waals surface area contributed by atoms with Crippen molar-refractivity contribution in [3.8, 4) is 5.75 Å². The number of rotatable bonds is 8. The number of benzene rings is 1. The Morgan fingerprint density at radius 1 is 1.21 bits per heavy atom. The van der Waals surface area contributed by atoms with Crippen LogP contribution in [0.1, 0.15) is 18.5 Å². The Balaban J connectivity index is 2.80. The van der Waals surface area contributed by atoms with Gasteiger partial charge in [-0.2, -0.15) is 0 Å². The van der Waals surface area contributed by atoms with Crippen LogP contribution < -0.4 is 0 Å². The summed E-state index contributed by atoms with van der Waals surface area (Å²) in [4.78, 5) is 2.09. The Morgan fingerprint density at radius 3 is 2.26 bits per heavy atom. The second-order valence-corrected chi connectivity index (χ2v) is 4.40. The third-order valence-corrected chi connectivity index (χ3v) is 3.15. The summed E-state index contributed by atoms with van der Waals surface area (Å²) in [5.74, 6) is -0.457. The summed E-state index contributed by atoms with van der Waals surface area (Å²) in [6.07, 6.45) is 0. The Kier molecular flexibility index (Phi) is 6.77. The molecule has 4 nitrogen and oxygen atoms in total. The summed E-state index contributed by atoms with van der Waals surface area (Å²) in [5.41, 5.74) is 0.560. The number of hydrogen-bond acceptors (Lipinski definition) is 4. The Bertz CT molecular complexity index is 379. The number of halogens is 1. The molecule has 0 saturated heterocycles. The number of nitrogens with zero attached hydrogens (tertiary/aromatic N) is 1. The maximum atomic E-state index is 13.9. The van der Waals surface area contributed by atoms with Crippen LogP contribution in [0.3, 0.4) is 0 Å². The van der Waals surface area contributed by atoms with Gasteiger partial charge in [-0.3, -0.25) is 4.90 Å². The van der Waals surface area contributed by atoms with Crippen molar-refractivity contribution in [1.82, 2.24) is 4.90 Å². The van der Waals surface area contributed by atoms with Crippen LogP contribution in [0.4, 0.5) is 4.39 Å². The van der Waals surface area contributed by atoms with E-state index >= 15 is 0 Å². The maximum Gasteiger partial charge on any atom is 0.131 e. The predicted octanol–water partition coefficient (Wildman–Crippen LogP) is 2.19. The highest BCUT2D eigenvalue weighted by Gasteiger charge is 2.18. The molecule has 1 atom stereocenters. The molecule has 0 aliphatic heterocycles. The Morgan fingerprint density at radius 2 is 1.79 bits per heavy atom. The van der Waals surface area contributed by atoms with Crippen molar-refractivity contribution < 1.29 is 19.0 Å². The lowest BCUT2D eigenvalue weighted by Gasteiger charge is -2.29. The molecule has 1 unspecified atom stereocenters. The van der Waals surface area contributed by atoms with Gasteiger partial charge < -0.3 is 14.6 Å². The average Bonchev–Trinajstić information content (AvgIpc) is 2.38. The monoisotopic (exact) mass is 271 g/mol. The number of aromatic hydroxyl groups is 1. The molecule has 0 heterocycles. The second-order valence-electron chi connectivity index (χ2n) is 4.40. The number of methoxy groups -OCH3 is 2. The zero-order valence-corrected chi connectivity index (χ0v) is 11.7. The van der Waals surface area contributed by atoms with E-state index in [4.69, 9.17) is 9.47 Å². The van der Waals surface area contributed by atoms with Crippen LogP contribution in [0.2, 0.25) is 0 Å². The normalized spacial score (nSPS) is 12.9. The first-order valence-electron chi connectivity index (χ1n) is 6.30. The fourth-order valence-electron chi connectivity index (χ4n) is 1.97. The molecule has 0 spiro atoms. The number of phenolic OH excluding ortho intramolecular Hbond substituents is 1. The number of ether oxygens (including phenoxy) is 2. The van der Waals surface area contributed by atoms with Crippen molar-refractivity contribution in [3.05, 3.63) is 29.6 Å². The van der Waals surface area contributed by atoms with E-state index in [-0.39, 0.29) is 11.8 Å². The molecular formula is C14H22FNO3. The quantitative estimate of drug-likeness (QED) is 0.787. The standard InChI is InChI=1S/C14H22FNO3/c1-11(13-5-4-12(17)10-14(13)15)16(6-8-18-2)7-9-19-3/h4-5,10-11,17H,6-9H2,1-3H3. The van der Waals surface area contributed by atoms with E-state index in [0.717, 1.165) is 6.07 Å². The van der Waals surface area contributed by atoms with Crippen LogP contribution in [0.5, 0.6) is 5.75 Å². The van der Waals surface area contributed by atoms with Gasteiger partial charge in [0, 0.05) is 45.0 Å². The van der Waals surface area contributed by atoms with E-state index < -0.39 is 5.82 Å². The molecule has 0 saturated carbocycles. The van der Waals surface area contributed by atoms with Crippen LogP contribution in [0.15, 0.2) is 18.2 Å². The number of hydrogen-bond donors (Lipinski definition) is 1. The van der Waals surface area contributed by atoms with Gasteiger partial charge in [0.15, 0.2) is 0 Å². The first-order chi connectivity index (χ1) is 9.10. The van der Waals surface area contributed by atoms with Crippen molar-refractivity contribution in [2.24, 2.45) is 0 Å². The van der Waals surface area contributed by atoms with Crippen molar-refractivity contribution in [1.29, 1.82) is 0 Å². The largest absolute Gasteiger partial charge is 0.508 e. The highest BCUT2D eigenvalue weighted by Crippen LogP contribution is 2.25. The van der Waals surface area contributed by atoms with Gasteiger partial charge in [0.1, 0.15) is 11.6 Å². The van der Waals surface area contributed by atoms with E-state index in [0.29, 0.717) is 31.9 Å². The zero-order valence-electron chi connectivity index (χ0n) is 11.7. The summed E-state index contributed by atoms with van der Waals surface area (Å²) in [6, 6.07) is 4.14. The molecule has 5 heteroatoms. The molecule has 0 aliphatic carbocycles. The molecule has 0 bridgehead atoms. The second kappa shape index (κ2) is 8.09. The van der Waals surface area contributed by atoms with Crippen LogP contribution in [-0.4, -0.2) is 50.5 Å². The minimum absolute atomic E-state index is 0.0613. The molecule has 1 aromatic carbocycles. The minimum Gasteiger partial charge on any atom is -0.508 e. The van der Waals surface area contributed by atoms with Crippen molar-refractivity contribution in [2.75, 3.05) is 40.5 Å². The van der Waals surface area contributed by atoms with Crippen LogP contribution in [0, 0.1) is 5.82 Å². The van der Waals surface area contributed by atoms with Gasteiger partial charge in [-0.05, 0) is 13.0 Å². The van der Waals surface area contributed by atoms with Crippen molar-refractivity contribution >= 4 is 0 Å². The van der Waals surface area contributed by atoms with E-state index in [1.165, 1.54) is 6.07 Å². The van der Waals surface area contributed by atoms with Gasteiger partial charge in [-0.25, -0.2) is 4.39 Å². The number of phenols is 1. The molecule has 0 radical (unpaired) electrons. The third-order valence-electron chi connectivity index (χ3n) is 3.15. The molecule has 1 rings (SSSR count). The molecule has 1 N–H and O–H groups in total. The molecule has 0 aliphatic rings. The van der Waals surface area contributed by atoms with Gasteiger partial charge >= 0.3 is 0 Å². The fourth-order valence-corrected chi connectivity index (χ4v) is 1.97. The zero-order chi connectivity index (χ0) is 14.3. The van der Waals surface area contributed by atoms with Crippen LogP contribution in [0.25, 0.3) is 0 Å². The molecular weight excluding hydrogens is 249 g/mol. The van der Waals surface area contributed by atoms with Gasteiger partial charge in [0.25, 0.3) is 0 Å². The topological polar surface area (TPSA) is 41.9 Å². The van der Waals surface area contributed by atoms with E-state index in [9.17, 15) is 9.50 Å². The molecule has 19 heavy (non-hydrogen) atoms.